The third kappa shape index (κ3) is 11.6. The maximum absolute atomic E-state index is 5.77. The highest BCUT2D eigenvalue weighted by Gasteiger charge is 2.07. The van der Waals surface area contributed by atoms with Crippen molar-refractivity contribution >= 4 is 0 Å². The highest BCUT2D eigenvalue weighted by molar-refractivity contribution is 4.60. The summed E-state index contributed by atoms with van der Waals surface area (Å²) in [6.07, 6.45) is 4.72. The topological polar surface area (TPSA) is 39.7 Å². The molecule has 4 nitrogen and oxygen atoms in total. The molecule has 1 N–H and O–H groups in total. The van der Waals surface area contributed by atoms with Gasteiger partial charge < -0.3 is 19.5 Å². The molecule has 0 spiro atoms. The summed E-state index contributed by atoms with van der Waals surface area (Å²) in [7, 11) is 3.73. The number of nitrogens with one attached hydrogen (secondary N) is 1. The fraction of sp³-hybridized carbons (Fsp3) is 1.00. The van der Waals surface area contributed by atoms with E-state index in [0.717, 1.165) is 39.1 Å². The number of hydrogen-bond acceptors (Lipinski definition) is 4. The van der Waals surface area contributed by atoms with Gasteiger partial charge in [-0.05, 0) is 45.6 Å². The van der Waals surface area contributed by atoms with Crippen LogP contribution in [-0.4, -0.2) is 52.7 Å². The van der Waals surface area contributed by atoms with Gasteiger partial charge in [-0.1, -0.05) is 13.8 Å². The Morgan fingerprint density at radius 3 is 2.40 bits per heavy atom. The summed E-state index contributed by atoms with van der Waals surface area (Å²) in [4.78, 5) is 0. The monoisotopic (exact) mass is 289 g/mol. The van der Waals surface area contributed by atoms with Crippen molar-refractivity contribution in [2.45, 2.75) is 58.6 Å². The third-order valence-corrected chi connectivity index (χ3v) is 3.63. The maximum Gasteiger partial charge on any atom is 0.0780 e. The van der Waals surface area contributed by atoms with Crippen LogP contribution < -0.4 is 5.32 Å². The molecule has 20 heavy (non-hydrogen) atoms. The van der Waals surface area contributed by atoms with Crippen molar-refractivity contribution in [1.29, 1.82) is 0 Å². The Morgan fingerprint density at radius 1 is 1.05 bits per heavy atom. The average Bonchev–Trinajstić information content (AvgIpc) is 2.46. The van der Waals surface area contributed by atoms with E-state index in [1.165, 1.54) is 6.42 Å². The first-order valence-corrected chi connectivity index (χ1v) is 7.99. The van der Waals surface area contributed by atoms with Gasteiger partial charge in [-0.2, -0.15) is 0 Å². The summed E-state index contributed by atoms with van der Waals surface area (Å²) in [5.74, 6) is 0.714. The maximum atomic E-state index is 5.77. The second-order valence-electron chi connectivity index (χ2n) is 5.64. The number of likely N-dealkylation sites (N-methyl/N-ethyl adjacent to an activating group) is 1. The van der Waals surface area contributed by atoms with Crippen LogP contribution >= 0.6 is 0 Å². The lowest BCUT2D eigenvalue weighted by molar-refractivity contribution is -0.0135. The van der Waals surface area contributed by atoms with Gasteiger partial charge in [0.1, 0.15) is 0 Å². The van der Waals surface area contributed by atoms with Gasteiger partial charge in [0, 0.05) is 26.4 Å². The first-order chi connectivity index (χ1) is 9.63. The summed E-state index contributed by atoms with van der Waals surface area (Å²) in [5.41, 5.74) is 0. The van der Waals surface area contributed by atoms with Gasteiger partial charge in [0.15, 0.2) is 0 Å². The van der Waals surface area contributed by atoms with Gasteiger partial charge in [-0.3, -0.25) is 0 Å². The van der Waals surface area contributed by atoms with Crippen LogP contribution in [-0.2, 0) is 14.2 Å². The molecule has 0 amide bonds. The Hall–Kier alpha value is -0.160. The van der Waals surface area contributed by atoms with E-state index in [-0.39, 0.29) is 6.10 Å². The molecule has 0 aromatic heterocycles. The molecule has 0 heterocycles. The Kier molecular flexibility index (Phi) is 13.7. The Morgan fingerprint density at radius 2 is 1.80 bits per heavy atom. The summed E-state index contributed by atoms with van der Waals surface area (Å²) >= 11 is 0. The number of ether oxygens (including phenoxy) is 3. The lowest BCUT2D eigenvalue weighted by Crippen LogP contribution is -2.31. The first-order valence-electron chi connectivity index (χ1n) is 7.99. The van der Waals surface area contributed by atoms with E-state index in [2.05, 4.69) is 26.1 Å². The molecule has 0 rings (SSSR count). The quantitative estimate of drug-likeness (QED) is 0.499. The summed E-state index contributed by atoms with van der Waals surface area (Å²) in [6.45, 7) is 9.63. The molecule has 0 aromatic rings. The smallest absolute Gasteiger partial charge is 0.0780 e. The summed E-state index contributed by atoms with van der Waals surface area (Å²) < 4.78 is 16.5. The lowest BCUT2D eigenvalue weighted by Gasteiger charge is -2.18. The minimum atomic E-state index is 0.179. The van der Waals surface area contributed by atoms with Gasteiger partial charge in [-0.15, -0.1) is 0 Å². The van der Waals surface area contributed by atoms with Crippen molar-refractivity contribution in [3.63, 3.8) is 0 Å². The highest BCUT2D eigenvalue weighted by Crippen LogP contribution is 2.10. The van der Waals surface area contributed by atoms with Crippen LogP contribution in [0.4, 0.5) is 0 Å². The second kappa shape index (κ2) is 13.8. The zero-order valence-corrected chi connectivity index (χ0v) is 14.1. The molecule has 0 aliphatic carbocycles. The molecule has 0 aliphatic rings. The van der Waals surface area contributed by atoms with E-state index in [9.17, 15) is 0 Å². The van der Waals surface area contributed by atoms with Crippen molar-refractivity contribution in [2.75, 3.05) is 40.6 Å². The molecular weight excluding hydrogens is 254 g/mol. The molecule has 3 unspecified atom stereocenters. The second-order valence-corrected chi connectivity index (χ2v) is 5.64. The molecule has 0 bridgehead atoms. The van der Waals surface area contributed by atoms with E-state index in [1.54, 1.807) is 7.11 Å². The molecule has 0 aromatic carbocycles. The van der Waals surface area contributed by atoms with Gasteiger partial charge in [-0.25, -0.2) is 0 Å². The van der Waals surface area contributed by atoms with Crippen molar-refractivity contribution in [1.82, 2.24) is 5.32 Å². The molecule has 0 aliphatic heterocycles. The number of rotatable bonds is 14. The van der Waals surface area contributed by atoms with Crippen LogP contribution in [0.5, 0.6) is 0 Å². The predicted molar refractivity (Wildman–Crippen MR) is 84.3 cm³/mol. The normalized spacial score (nSPS) is 16.1. The van der Waals surface area contributed by atoms with Crippen LogP contribution in [0.2, 0.25) is 0 Å². The summed E-state index contributed by atoms with van der Waals surface area (Å²) in [5, 5.41) is 3.23. The van der Waals surface area contributed by atoms with Crippen LogP contribution in [0.15, 0.2) is 0 Å². The molecule has 0 saturated heterocycles. The SMILES string of the molecule is CCC(COCC(C)OCCCC(C)CCOC)NC. The average molecular weight is 289 g/mol. The van der Waals surface area contributed by atoms with Crippen LogP contribution in [0.1, 0.15) is 46.5 Å². The van der Waals surface area contributed by atoms with E-state index in [4.69, 9.17) is 14.2 Å². The van der Waals surface area contributed by atoms with E-state index < -0.39 is 0 Å². The molecular formula is C16H35NO3. The third-order valence-electron chi connectivity index (χ3n) is 3.63. The fourth-order valence-electron chi connectivity index (χ4n) is 2.01. The Balaban J connectivity index is 3.42. The summed E-state index contributed by atoms with van der Waals surface area (Å²) in [6, 6.07) is 0.448. The fourth-order valence-corrected chi connectivity index (χ4v) is 2.01. The largest absolute Gasteiger partial charge is 0.385 e. The highest BCUT2D eigenvalue weighted by atomic mass is 16.5. The molecule has 3 atom stereocenters. The van der Waals surface area contributed by atoms with Crippen molar-refractivity contribution < 1.29 is 14.2 Å². The zero-order valence-electron chi connectivity index (χ0n) is 14.1. The number of methoxy groups -OCH3 is 1. The lowest BCUT2D eigenvalue weighted by atomic mass is 10.0. The minimum Gasteiger partial charge on any atom is -0.385 e. The Bertz CT molecular complexity index is 198. The first kappa shape index (κ1) is 19.8. The van der Waals surface area contributed by atoms with Gasteiger partial charge in [0.2, 0.25) is 0 Å². The van der Waals surface area contributed by atoms with E-state index in [0.29, 0.717) is 18.6 Å². The van der Waals surface area contributed by atoms with Crippen LogP contribution in [0.3, 0.4) is 0 Å². The standard InChI is InChI=1S/C16H35NO3/c1-6-16(17-4)13-19-12-15(3)20-10-7-8-14(2)9-11-18-5/h14-17H,6-13H2,1-5H3. The van der Waals surface area contributed by atoms with E-state index in [1.807, 2.05) is 7.05 Å². The van der Waals surface area contributed by atoms with Gasteiger partial charge in [0.25, 0.3) is 0 Å². The van der Waals surface area contributed by atoms with Crippen molar-refractivity contribution in [2.24, 2.45) is 5.92 Å². The molecule has 0 fully saturated rings. The molecule has 0 radical (unpaired) electrons. The Labute approximate surface area is 125 Å². The van der Waals surface area contributed by atoms with Crippen molar-refractivity contribution in [3.05, 3.63) is 0 Å². The number of hydrogen-bond donors (Lipinski definition) is 1. The predicted octanol–water partition coefficient (Wildman–Crippen LogP) is 2.86. The van der Waals surface area contributed by atoms with Crippen molar-refractivity contribution in [3.8, 4) is 0 Å². The molecule has 4 heteroatoms. The zero-order chi connectivity index (χ0) is 15.2. The molecule has 0 saturated carbocycles. The van der Waals surface area contributed by atoms with Gasteiger partial charge >= 0.3 is 0 Å². The molecule has 122 valence electrons. The van der Waals surface area contributed by atoms with E-state index >= 15 is 0 Å². The van der Waals surface area contributed by atoms with Gasteiger partial charge in [0.05, 0.1) is 19.3 Å². The minimum absolute atomic E-state index is 0.179. The van der Waals surface area contributed by atoms with Crippen LogP contribution in [0, 0.1) is 5.92 Å². The van der Waals surface area contributed by atoms with Crippen LogP contribution in [0.25, 0.3) is 0 Å².